The number of aryl methyl sites for hydroxylation is 2. The Bertz CT molecular complexity index is 1900. The van der Waals surface area contributed by atoms with Gasteiger partial charge in [-0.3, -0.25) is 4.90 Å². The van der Waals surface area contributed by atoms with Gasteiger partial charge < -0.3 is 24.4 Å². The first-order valence-corrected chi connectivity index (χ1v) is 18.9. The number of phenols is 1. The second kappa shape index (κ2) is 13.0. The Kier molecular flexibility index (Phi) is 8.33. The molecule has 3 aliphatic heterocycles. The number of pyridine rings is 1. The second-order valence-corrected chi connectivity index (χ2v) is 15.9. The highest BCUT2D eigenvalue weighted by Crippen LogP contribution is 2.54. The number of fused-ring (bicyclic) bond motifs is 4. The van der Waals surface area contributed by atoms with E-state index in [9.17, 15) is 5.11 Å². The lowest BCUT2D eigenvalue weighted by atomic mass is 9.57. The number of anilines is 2. The highest BCUT2D eigenvalue weighted by atomic mass is 19.1. The summed E-state index contributed by atoms with van der Waals surface area (Å²) < 4.78 is 28.5. The predicted molar refractivity (Wildman–Crippen MR) is 199 cm³/mol. The van der Waals surface area contributed by atoms with Gasteiger partial charge >= 0.3 is 0 Å². The quantitative estimate of drug-likeness (QED) is 0.223. The number of methoxy groups -OCH3 is 1. The largest absolute Gasteiger partial charge is 0.508 e. The van der Waals surface area contributed by atoms with E-state index in [1.807, 2.05) is 31.2 Å². The van der Waals surface area contributed by atoms with E-state index in [-0.39, 0.29) is 23.4 Å². The van der Waals surface area contributed by atoms with Crippen molar-refractivity contribution in [1.82, 2.24) is 9.88 Å². The second-order valence-electron chi connectivity index (χ2n) is 15.9. The Balaban J connectivity index is 0.860. The Morgan fingerprint density at radius 1 is 0.941 bits per heavy atom. The molecule has 9 rings (SSSR count). The smallest absolute Gasteiger partial charge is 0.237 e. The minimum Gasteiger partial charge on any atom is -0.508 e. The number of aromatic hydroxyl groups is 1. The Labute approximate surface area is 301 Å². The first-order chi connectivity index (χ1) is 24.9. The molecule has 1 saturated carbocycles. The zero-order chi connectivity index (χ0) is 34.7. The summed E-state index contributed by atoms with van der Waals surface area (Å²) in [6.45, 7) is 8.78. The summed E-state index contributed by atoms with van der Waals surface area (Å²) >= 11 is 0. The molecule has 8 heteroatoms. The Hall–Kier alpha value is -4.30. The first-order valence-electron chi connectivity index (χ1n) is 18.9. The van der Waals surface area contributed by atoms with Crippen LogP contribution in [0.1, 0.15) is 71.9 Å². The maximum absolute atomic E-state index is 16.3. The standard InChI is InChI=1S/C43H49FN4O3/c1-28-8-13-38-42(45-28)51-27-32-26-46(18-19-48(32)38)25-29-23-43(24-29)14-16-47(17-15-43)39-22-40(50-2)36(21-37(39)44)41-34(30-6-4-3-5-7-30)11-9-31-20-33(49)10-12-35(31)41/h3-8,10,12-13,20-22,29,32,34,41,49H,9,11,14-19,23-27H2,1-2H3. The van der Waals surface area contributed by atoms with Crippen LogP contribution in [0.15, 0.2) is 72.8 Å². The third-order valence-electron chi connectivity index (χ3n) is 12.8. The van der Waals surface area contributed by atoms with E-state index in [1.54, 1.807) is 19.2 Å². The highest BCUT2D eigenvalue weighted by molar-refractivity contribution is 5.60. The summed E-state index contributed by atoms with van der Waals surface area (Å²) in [5, 5.41) is 10.3. The number of aromatic nitrogens is 1. The third-order valence-corrected chi connectivity index (χ3v) is 12.8. The maximum atomic E-state index is 16.3. The van der Waals surface area contributed by atoms with Gasteiger partial charge in [-0.1, -0.05) is 36.4 Å². The lowest BCUT2D eigenvalue weighted by molar-refractivity contribution is 0.00285. The number of ether oxygens (including phenoxy) is 2. The molecule has 3 fully saturated rings. The fourth-order valence-electron chi connectivity index (χ4n) is 10.3. The van der Waals surface area contributed by atoms with Gasteiger partial charge in [0.25, 0.3) is 0 Å². The monoisotopic (exact) mass is 688 g/mol. The fourth-order valence-corrected chi connectivity index (χ4v) is 10.3. The molecule has 0 bridgehead atoms. The van der Waals surface area contributed by atoms with Gasteiger partial charge in [0.05, 0.1) is 18.8 Å². The van der Waals surface area contributed by atoms with Crippen LogP contribution in [-0.4, -0.2) is 74.0 Å². The van der Waals surface area contributed by atoms with E-state index >= 15 is 4.39 Å². The van der Waals surface area contributed by atoms with Gasteiger partial charge in [0.2, 0.25) is 5.88 Å². The molecule has 7 nitrogen and oxygen atoms in total. The Morgan fingerprint density at radius 2 is 1.76 bits per heavy atom. The van der Waals surface area contributed by atoms with Crippen molar-refractivity contribution in [2.24, 2.45) is 11.3 Å². The summed E-state index contributed by atoms with van der Waals surface area (Å²) in [6.07, 6.45) is 6.56. The summed E-state index contributed by atoms with van der Waals surface area (Å²) in [5.74, 6) is 2.47. The molecule has 1 N–H and O–H groups in total. The van der Waals surface area contributed by atoms with Gasteiger partial charge in [-0.25, -0.2) is 9.37 Å². The molecule has 3 unspecified atom stereocenters. The molecule has 2 saturated heterocycles. The summed E-state index contributed by atoms with van der Waals surface area (Å²) in [6, 6.07) is 24.6. The molecular weight excluding hydrogens is 639 g/mol. The number of halogens is 1. The normalized spacial score (nSPS) is 24.3. The molecule has 0 radical (unpaired) electrons. The number of hydrogen-bond acceptors (Lipinski definition) is 7. The van der Waals surface area contributed by atoms with Crippen LogP contribution in [0.3, 0.4) is 0 Å². The van der Waals surface area contributed by atoms with Crippen molar-refractivity contribution in [3.63, 3.8) is 0 Å². The zero-order valence-electron chi connectivity index (χ0n) is 29.9. The van der Waals surface area contributed by atoms with Crippen LogP contribution in [0.2, 0.25) is 0 Å². The number of piperidine rings is 1. The van der Waals surface area contributed by atoms with Gasteiger partial charge in [0.15, 0.2) is 0 Å². The van der Waals surface area contributed by atoms with Gasteiger partial charge in [-0.15, -0.1) is 0 Å². The summed E-state index contributed by atoms with van der Waals surface area (Å²) in [5.41, 5.74) is 7.58. The van der Waals surface area contributed by atoms with Crippen LogP contribution in [0.5, 0.6) is 17.4 Å². The predicted octanol–water partition coefficient (Wildman–Crippen LogP) is 7.69. The fraction of sp³-hybridized carbons (Fsp3) is 0.465. The molecule has 266 valence electrons. The zero-order valence-corrected chi connectivity index (χ0v) is 29.9. The number of rotatable bonds is 6. The van der Waals surface area contributed by atoms with E-state index in [2.05, 4.69) is 56.1 Å². The molecule has 3 atom stereocenters. The first kappa shape index (κ1) is 32.6. The number of hydrogen-bond donors (Lipinski definition) is 1. The molecule has 1 aromatic heterocycles. The van der Waals surface area contributed by atoms with E-state index in [0.29, 0.717) is 23.8 Å². The van der Waals surface area contributed by atoms with Crippen LogP contribution in [0.4, 0.5) is 15.8 Å². The third kappa shape index (κ3) is 5.99. The molecule has 3 aromatic carbocycles. The van der Waals surface area contributed by atoms with Crippen molar-refractivity contribution in [2.45, 2.75) is 63.3 Å². The van der Waals surface area contributed by atoms with Gasteiger partial charge in [-0.05, 0) is 110 Å². The average molecular weight is 689 g/mol. The van der Waals surface area contributed by atoms with Crippen molar-refractivity contribution in [3.8, 4) is 17.4 Å². The van der Waals surface area contributed by atoms with Crippen LogP contribution < -0.4 is 19.3 Å². The van der Waals surface area contributed by atoms with Crippen LogP contribution in [0, 0.1) is 24.1 Å². The summed E-state index contributed by atoms with van der Waals surface area (Å²) in [4.78, 5) is 12.0. The minimum atomic E-state index is -0.176. The molecular formula is C43H49FN4O3. The van der Waals surface area contributed by atoms with Crippen LogP contribution >= 0.6 is 0 Å². The number of nitrogens with zero attached hydrogens (tertiary/aromatic N) is 4. The Morgan fingerprint density at radius 3 is 2.57 bits per heavy atom. The van der Waals surface area contributed by atoms with Crippen LogP contribution in [-0.2, 0) is 6.42 Å². The maximum Gasteiger partial charge on any atom is 0.237 e. The molecule has 5 aliphatic rings. The van der Waals surface area contributed by atoms with Crippen molar-refractivity contribution in [1.29, 1.82) is 0 Å². The van der Waals surface area contributed by atoms with Crippen molar-refractivity contribution in [3.05, 3.63) is 107 Å². The summed E-state index contributed by atoms with van der Waals surface area (Å²) in [7, 11) is 1.70. The van der Waals surface area contributed by atoms with Crippen molar-refractivity contribution in [2.75, 3.05) is 62.8 Å². The van der Waals surface area contributed by atoms with Gasteiger partial charge in [0, 0.05) is 62.5 Å². The molecule has 51 heavy (non-hydrogen) atoms. The SMILES string of the molecule is COc1cc(N2CCC3(CC2)CC(CN2CCN4c5ccc(C)nc5OCC4C2)C3)c(F)cc1C1c2ccc(O)cc2CCC1c1ccccc1. The van der Waals surface area contributed by atoms with E-state index in [4.69, 9.17) is 9.47 Å². The van der Waals surface area contributed by atoms with Gasteiger partial charge in [0.1, 0.15) is 29.6 Å². The molecule has 4 heterocycles. The van der Waals surface area contributed by atoms with E-state index in [0.717, 1.165) is 111 Å². The molecule has 4 aromatic rings. The number of piperazine rings is 1. The van der Waals surface area contributed by atoms with Gasteiger partial charge in [-0.2, -0.15) is 0 Å². The lowest BCUT2D eigenvalue weighted by Crippen LogP contribution is -2.59. The van der Waals surface area contributed by atoms with Crippen molar-refractivity contribution >= 4 is 11.4 Å². The van der Waals surface area contributed by atoms with E-state index in [1.165, 1.54) is 18.4 Å². The topological polar surface area (TPSA) is 61.3 Å². The highest BCUT2D eigenvalue weighted by Gasteiger charge is 2.47. The van der Waals surface area contributed by atoms with Crippen LogP contribution in [0.25, 0.3) is 0 Å². The number of phenolic OH excluding ortho intramolecular Hbond substituents is 1. The molecule has 1 spiro atoms. The molecule has 0 amide bonds. The minimum absolute atomic E-state index is 0.0718. The molecule has 2 aliphatic carbocycles. The number of benzene rings is 3. The average Bonchev–Trinajstić information content (AvgIpc) is 3.14. The van der Waals surface area contributed by atoms with E-state index < -0.39 is 0 Å². The lowest BCUT2D eigenvalue weighted by Gasteiger charge is -2.54. The van der Waals surface area contributed by atoms with Crippen molar-refractivity contribution < 1.29 is 19.0 Å².